The molecule has 2 aromatic rings. The summed E-state index contributed by atoms with van der Waals surface area (Å²) >= 11 is 0. The lowest BCUT2D eigenvalue weighted by Gasteiger charge is -2.48. The SMILES string of the molecule is CCOC(Oc1ccccc1)[N+](CC)(Cc1ccccc1)C(CC(C)C)CC(C)C. The van der Waals surface area contributed by atoms with Crippen molar-refractivity contribution < 1.29 is 14.0 Å². The van der Waals surface area contributed by atoms with E-state index in [2.05, 4.69) is 71.9 Å². The first-order valence-electron chi connectivity index (χ1n) is 11.6. The summed E-state index contributed by atoms with van der Waals surface area (Å²) in [5, 5.41) is 0. The van der Waals surface area contributed by atoms with Crippen LogP contribution in [0.4, 0.5) is 0 Å². The van der Waals surface area contributed by atoms with Gasteiger partial charge < -0.3 is 4.74 Å². The van der Waals surface area contributed by atoms with Crippen molar-refractivity contribution in [3.05, 3.63) is 66.2 Å². The minimum atomic E-state index is -0.342. The standard InChI is InChI=1S/C27H42NO2/c1-7-28(21-24-15-11-9-12-16-24,25(19-22(3)4)20-23(5)6)27(29-8-2)30-26-17-13-10-14-18-26/h9-18,22-23,25,27H,7-8,19-21H2,1-6H3/q+1. The molecule has 0 spiro atoms. The Bertz CT molecular complexity index is 691. The second-order valence-corrected chi connectivity index (χ2v) is 9.17. The maximum absolute atomic E-state index is 6.58. The summed E-state index contributed by atoms with van der Waals surface area (Å²) in [7, 11) is 0. The Kier molecular flexibility index (Phi) is 9.87. The van der Waals surface area contributed by atoms with Crippen LogP contribution >= 0.6 is 0 Å². The highest BCUT2D eigenvalue weighted by Gasteiger charge is 2.45. The number of rotatable bonds is 13. The Morgan fingerprint density at radius 1 is 0.767 bits per heavy atom. The van der Waals surface area contributed by atoms with Crippen LogP contribution in [0.1, 0.15) is 59.9 Å². The van der Waals surface area contributed by atoms with Gasteiger partial charge in [0, 0.05) is 18.4 Å². The van der Waals surface area contributed by atoms with E-state index in [1.807, 2.05) is 30.3 Å². The molecule has 0 amide bonds. The first-order valence-corrected chi connectivity index (χ1v) is 11.6. The molecule has 0 bridgehead atoms. The van der Waals surface area contributed by atoms with Crippen molar-refractivity contribution in [1.29, 1.82) is 0 Å². The average molecular weight is 413 g/mol. The predicted molar refractivity (Wildman–Crippen MR) is 126 cm³/mol. The normalized spacial score (nSPS) is 14.8. The molecule has 0 saturated carbocycles. The van der Waals surface area contributed by atoms with Crippen molar-refractivity contribution in [2.75, 3.05) is 13.2 Å². The summed E-state index contributed by atoms with van der Waals surface area (Å²) in [6.45, 7) is 16.1. The highest BCUT2D eigenvalue weighted by molar-refractivity contribution is 5.21. The van der Waals surface area contributed by atoms with Crippen molar-refractivity contribution in [2.45, 2.75) is 73.4 Å². The molecule has 2 unspecified atom stereocenters. The number of para-hydroxylation sites is 1. The number of nitrogens with zero attached hydrogens (tertiary/aromatic N) is 1. The number of ether oxygens (including phenoxy) is 2. The molecule has 0 heterocycles. The second-order valence-electron chi connectivity index (χ2n) is 9.17. The van der Waals surface area contributed by atoms with Gasteiger partial charge in [-0.2, -0.15) is 0 Å². The molecule has 0 N–H and O–H groups in total. The van der Waals surface area contributed by atoms with Crippen LogP contribution in [0.5, 0.6) is 5.75 Å². The summed E-state index contributed by atoms with van der Waals surface area (Å²) < 4.78 is 13.7. The number of hydrogen-bond acceptors (Lipinski definition) is 2. The van der Waals surface area contributed by atoms with Gasteiger partial charge in [0.1, 0.15) is 12.3 Å². The third-order valence-electron chi connectivity index (χ3n) is 5.83. The van der Waals surface area contributed by atoms with Gasteiger partial charge in [0.2, 0.25) is 0 Å². The maximum atomic E-state index is 6.58. The van der Waals surface area contributed by atoms with Crippen molar-refractivity contribution >= 4 is 0 Å². The van der Waals surface area contributed by atoms with Gasteiger partial charge in [0.25, 0.3) is 0 Å². The van der Waals surface area contributed by atoms with Gasteiger partial charge in [-0.15, -0.1) is 0 Å². The molecule has 0 aliphatic heterocycles. The molecule has 0 radical (unpaired) electrons. The first-order chi connectivity index (χ1) is 14.4. The largest absolute Gasteiger partial charge is 0.419 e. The fourth-order valence-electron chi connectivity index (χ4n) is 4.47. The number of hydrogen-bond donors (Lipinski definition) is 0. The molecule has 2 atom stereocenters. The molecule has 0 aliphatic rings. The first kappa shape index (κ1) is 24.4. The van der Waals surface area contributed by atoms with E-state index in [0.717, 1.165) is 36.2 Å². The third-order valence-corrected chi connectivity index (χ3v) is 5.83. The van der Waals surface area contributed by atoms with E-state index >= 15 is 0 Å². The van der Waals surface area contributed by atoms with Crippen LogP contribution in [0.3, 0.4) is 0 Å². The summed E-state index contributed by atoms with van der Waals surface area (Å²) in [5.74, 6) is 2.10. The van der Waals surface area contributed by atoms with Gasteiger partial charge >= 0.3 is 6.41 Å². The lowest BCUT2D eigenvalue weighted by molar-refractivity contribution is -1.02. The van der Waals surface area contributed by atoms with Crippen molar-refractivity contribution in [1.82, 2.24) is 0 Å². The quantitative estimate of drug-likeness (QED) is 0.264. The topological polar surface area (TPSA) is 18.5 Å². The Morgan fingerprint density at radius 3 is 1.77 bits per heavy atom. The fraction of sp³-hybridized carbons (Fsp3) is 0.556. The lowest BCUT2D eigenvalue weighted by Crippen LogP contribution is -2.64. The van der Waals surface area contributed by atoms with E-state index in [0.29, 0.717) is 24.5 Å². The third kappa shape index (κ3) is 6.85. The Balaban J connectivity index is 2.53. The molecule has 3 nitrogen and oxygen atoms in total. The summed E-state index contributed by atoms with van der Waals surface area (Å²) in [5.41, 5.74) is 1.33. The van der Waals surface area contributed by atoms with Crippen LogP contribution in [-0.2, 0) is 11.3 Å². The molecule has 30 heavy (non-hydrogen) atoms. The number of benzene rings is 2. The van der Waals surface area contributed by atoms with E-state index in [-0.39, 0.29) is 6.41 Å². The average Bonchev–Trinajstić information content (AvgIpc) is 2.72. The second kappa shape index (κ2) is 12.1. The van der Waals surface area contributed by atoms with Gasteiger partial charge in [0.15, 0.2) is 0 Å². The van der Waals surface area contributed by atoms with Crippen LogP contribution in [0.2, 0.25) is 0 Å². The molecule has 166 valence electrons. The van der Waals surface area contributed by atoms with Crippen molar-refractivity contribution in [2.24, 2.45) is 11.8 Å². The highest BCUT2D eigenvalue weighted by Crippen LogP contribution is 2.33. The van der Waals surface area contributed by atoms with Crippen molar-refractivity contribution in [3.8, 4) is 5.75 Å². The molecular weight excluding hydrogens is 370 g/mol. The van der Waals surface area contributed by atoms with Crippen LogP contribution in [0.15, 0.2) is 60.7 Å². The molecule has 3 heteroatoms. The van der Waals surface area contributed by atoms with E-state index in [4.69, 9.17) is 9.47 Å². The van der Waals surface area contributed by atoms with E-state index in [1.165, 1.54) is 5.56 Å². The summed E-state index contributed by atoms with van der Waals surface area (Å²) in [6.07, 6.45) is 1.96. The molecule has 0 aliphatic carbocycles. The molecule has 0 fully saturated rings. The predicted octanol–water partition coefficient (Wildman–Crippen LogP) is 6.88. The molecule has 2 rings (SSSR count). The smallest absolute Gasteiger partial charge is 0.351 e. The van der Waals surface area contributed by atoms with Gasteiger partial charge in [-0.05, 0) is 37.8 Å². The Morgan fingerprint density at radius 2 is 1.30 bits per heavy atom. The van der Waals surface area contributed by atoms with Crippen LogP contribution in [0, 0.1) is 11.8 Å². The van der Waals surface area contributed by atoms with Crippen LogP contribution < -0.4 is 4.74 Å². The zero-order chi connectivity index (χ0) is 22.0. The van der Waals surface area contributed by atoms with E-state index in [1.54, 1.807) is 0 Å². The van der Waals surface area contributed by atoms with Crippen LogP contribution in [-0.4, -0.2) is 30.1 Å². The minimum absolute atomic E-state index is 0.342. The highest BCUT2D eigenvalue weighted by atomic mass is 16.7. The zero-order valence-electron chi connectivity index (χ0n) is 19.9. The lowest BCUT2D eigenvalue weighted by atomic mass is 9.91. The summed E-state index contributed by atoms with van der Waals surface area (Å²) in [4.78, 5) is 0. The molecule has 0 aromatic heterocycles. The molecule has 2 aromatic carbocycles. The van der Waals surface area contributed by atoms with E-state index < -0.39 is 0 Å². The van der Waals surface area contributed by atoms with E-state index in [9.17, 15) is 0 Å². The van der Waals surface area contributed by atoms with Crippen LogP contribution in [0.25, 0.3) is 0 Å². The van der Waals surface area contributed by atoms with Gasteiger partial charge in [0.05, 0.1) is 19.2 Å². The Labute approximate surface area is 184 Å². The van der Waals surface area contributed by atoms with Gasteiger partial charge in [-0.25, -0.2) is 0 Å². The van der Waals surface area contributed by atoms with Gasteiger partial charge in [-0.3, -0.25) is 9.22 Å². The van der Waals surface area contributed by atoms with Crippen molar-refractivity contribution in [3.63, 3.8) is 0 Å². The summed E-state index contributed by atoms with van der Waals surface area (Å²) in [6, 6.07) is 21.4. The molecule has 0 saturated heterocycles. The van der Waals surface area contributed by atoms with Gasteiger partial charge in [-0.1, -0.05) is 76.2 Å². The minimum Gasteiger partial charge on any atom is -0.419 e. The monoisotopic (exact) mass is 412 g/mol. The maximum Gasteiger partial charge on any atom is 0.351 e. The fourth-order valence-corrected chi connectivity index (χ4v) is 4.47. The molecular formula is C27H42NO2+. The number of quaternary nitrogens is 1. The Hall–Kier alpha value is -1.84. The zero-order valence-corrected chi connectivity index (χ0v) is 19.9.